The Morgan fingerprint density at radius 2 is 2.57 bits per heavy atom. The van der Waals surface area contributed by atoms with E-state index in [1.165, 1.54) is 13.3 Å². The first-order chi connectivity index (χ1) is 3.31. The van der Waals surface area contributed by atoms with Gasteiger partial charge in [-0.3, -0.25) is 10.4 Å². The third-order valence-electron chi connectivity index (χ3n) is 0.379. The Morgan fingerprint density at radius 3 is 2.71 bits per heavy atom. The van der Waals surface area contributed by atoms with E-state index in [2.05, 4.69) is 4.99 Å². The van der Waals surface area contributed by atoms with Crippen molar-refractivity contribution in [1.29, 1.82) is 10.7 Å². The topological polar surface area (TPSA) is 60.0 Å². The van der Waals surface area contributed by atoms with Crippen LogP contribution in [-0.4, -0.2) is 19.0 Å². The molecule has 3 nitrogen and oxygen atoms in total. The molecule has 0 aromatic heterocycles. The van der Waals surface area contributed by atoms with Crippen LogP contribution in [0, 0.1) is 16.7 Å². The van der Waals surface area contributed by atoms with Gasteiger partial charge in [0.1, 0.15) is 11.8 Å². The highest BCUT2D eigenvalue weighted by Crippen LogP contribution is 1.58. The summed E-state index contributed by atoms with van der Waals surface area (Å²) in [6.07, 6.45) is 1.19. The Balaban J connectivity index is 3.66. The molecule has 0 aliphatic carbocycles. The SMILES string of the molecule is CN=CC(=N)C#N. The van der Waals surface area contributed by atoms with Gasteiger partial charge < -0.3 is 0 Å². The van der Waals surface area contributed by atoms with Crippen LogP contribution in [0.25, 0.3) is 0 Å². The van der Waals surface area contributed by atoms with Crippen molar-refractivity contribution in [1.82, 2.24) is 0 Å². The summed E-state index contributed by atoms with van der Waals surface area (Å²) in [6.45, 7) is 0. The molecule has 0 unspecified atom stereocenters. The maximum atomic E-state index is 7.90. The fourth-order valence-corrected chi connectivity index (χ4v) is 0.158. The minimum atomic E-state index is -0.109. The van der Waals surface area contributed by atoms with Gasteiger partial charge in [-0.15, -0.1) is 0 Å². The lowest BCUT2D eigenvalue weighted by Crippen LogP contribution is -1.89. The fourth-order valence-electron chi connectivity index (χ4n) is 0.158. The van der Waals surface area contributed by atoms with Gasteiger partial charge in [0, 0.05) is 7.05 Å². The number of nitriles is 1. The molecule has 0 saturated heterocycles. The van der Waals surface area contributed by atoms with Gasteiger partial charge in [0.25, 0.3) is 0 Å². The Labute approximate surface area is 41.8 Å². The molecular formula is C4H5N3. The van der Waals surface area contributed by atoms with Crippen LogP contribution in [0.1, 0.15) is 0 Å². The fraction of sp³-hybridized carbons (Fsp3) is 0.250. The van der Waals surface area contributed by atoms with E-state index >= 15 is 0 Å². The zero-order chi connectivity index (χ0) is 5.70. The second-order valence-electron chi connectivity index (χ2n) is 0.913. The molecule has 0 saturated carbocycles. The summed E-state index contributed by atoms with van der Waals surface area (Å²) in [7, 11) is 1.52. The van der Waals surface area contributed by atoms with Gasteiger partial charge in [-0.1, -0.05) is 0 Å². The molecule has 0 radical (unpaired) electrons. The molecule has 7 heavy (non-hydrogen) atoms. The maximum absolute atomic E-state index is 7.90. The quantitative estimate of drug-likeness (QED) is 0.465. The summed E-state index contributed by atoms with van der Waals surface area (Å²) < 4.78 is 0. The van der Waals surface area contributed by atoms with E-state index in [0.717, 1.165) is 0 Å². The lowest BCUT2D eigenvalue weighted by molar-refractivity contribution is 1.46. The van der Waals surface area contributed by atoms with Crippen LogP contribution in [0.3, 0.4) is 0 Å². The van der Waals surface area contributed by atoms with Gasteiger partial charge in [-0.2, -0.15) is 5.26 Å². The molecule has 0 fully saturated rings. The number of nitrogens with zero attached hydrogens (tertiary/aromatic N) is 2. The first kappa shape index (κ1) is 5.83. The van der Waals surface area contributed by atoms with E-state index in [4.69, 9.17) is 10.7 Å². The Morgan fingerprint density at radius 1 is 2.00 bits per heavy atom. The lowest BCUT2D eigenvalue weighted by atomic mass is 10.5. The zero-order valence-corrected chi connectivity index (χ0v) is 3.97. The van der Waals surface area contributed by atoms with Crippen molar-refractivity contribution < 1.29 is 0 Å². The largest absolute Gasteiger partial charge is 0.294 e. The number of hydrogen-bond donors (Lipinski definition) is 1. The van der Waals surface area contributed by atoms with Gasteiger partial charge in [-0.05, 0) is 0 Å². The summed E-state index contributed by atoms with van der Waals surface area (Å²) in [4.78, 5) is 3.43. The van der Waals surface area contributed by atoms with E-state index in [9.17, 15) is 0 Å². The monoisotopic (exact) mass is 95.0 g/mol. The molecule has 0 spiro atoms. The summed E-state index contributed by atoms with van der Waals surface area (Å²) in [5, 5.41) is 14.5. The van der Waals surface area contributed by atoms with Gasteiger partial charge in [0.2, 0.25) is 0 Å². The van der Waals surface area contributed by atoms with Crippen molar-refractivity contribution in [3.8, 4) is 6.07 Å². The number of rotatable bonds is 1. The second-order valence-corrected chi connectivity index (χ2v) is 0.913. The molecule has 0 atom stereocenters. The average molecular weight is 95.1 g/mol. The average Bonchev–Trinajstić information content (AvgIpc) is 1.68. The number of hydrogen-bond acceptors (Lipinski definition) is 3. The van der Waals surface area contributed by atoms with Crippen LogP contribution in [-0.2, 0) is 0 Å². The predicted molar refractivity (Wildman–Crippen MR) is 27.8 cm³/mol. The molecule has 0 rings (SSSR count). The molecule has 0 bridgehead atoms. The van der Waals surface area contributed by atoms with Crippen molar-refractivity contribution in [2.24, 2.45) is 4.99 Å². The molecule has 0 aliphatic rings. The summed E-state index contributed by atoms with van der Waals surface area (Å²) in [5.41, 5.74) is -0.109. The van der Waals surface area contributed by atoms with Crippen LogP contribution in [0.4, 0.5) is 0 Å². The van der Waals surface area contributed by atoms with Crippen molar-refractivity contribution in [2.45, 2.75) is 0 Å². The smallest absolute Gasteiger partial charge is 0.150 e. The Hall–Kier alpha value is -1.17. The Bertz CT molecular complexity index is 128. The first-order valence-corrected chi connectivity index (χ1v) is 1.72. The first-order valence-electron chi connectivity index (χ1n) is 1.72. The van der Waals surface area contributed by atoms with Crippen LogP contribution in [0.5, 0.6) is 0 Å². The summed E-state index contributed by atoms with van der Waals surface area (Å²) in [5.74, 6) is 0. The van der Waals surface area contributed by atoms with E-state index in [0.29, 0.717) is 0 Å². The van der Waals surface area contributed by atoms with Gasteiger partial charge >= 0.3 is 0 Å². The zero-order valence-electron chi connectivity index (χ0n) is 3.97. The summed E-state index contributed by atoms with van der Waals surface area (Å²) in [6, 6.07) is 1.60. The van der Waals surface area contributed by atoms with E-state index in [1.807, 2.05) is 0 Å². The molecule has 0 amide bonds. The second kappa shape index (κ2) is 3.04. The molecule has 0 aromatic rings. The third kappa shape index (κ3) is 2.64. The lowest BCUT2D eigenvalue weighted by Gasteiger charge is -1.70. The van der Waals surface area contributed by atoms with Crippen LogP contribution < -0.4 is 0 Å². The minimum absolute atomic E-state index is 0.109. The normalized spacial score (nSPS) is 8.57. The standard InChI is InChI=1S/C4H5N3/c1-7-3-4(6)2-5/h3,6H,1H3. The molecule has 0 heterocycles. The number of nitrogens with one attached hydrogen (secondary N) is 1. The predicted octanol–water partition coefficient (Wildman–Crippen LogP) is 0.230. The molecule has 0 aromatic carbocycles. The Kier molecular flexibility index (Phi) is 2.53. The van der Waals surface area contributed by atoms with Crippen molar-refractivity contribution >= 4 is 11.9 Å². The van der Waals surface area contributed by atoms with Gasteiger partial charge in [-0.25, -0.2) is 0 Å². The van der Waals surface area contributed by atoms with Crippen LogP contribution in [0.2, 0.25) is 0 Å². The van der Waals surface area contributed by atoms with E-state index in [-0.39, 0.29) is 5.71 Å². The molecule has 3 heteroatoms. The summed E-state index contributed by atoms with van der Waals surface area (Å²) >= 11 is 0. The third-order valence-corrected chi connectivity index (χ3v) is 0.379. The van der Waals surface area contributed by atoms with Gasteiger partial charge in [0.15, 0.2) is 0 Å². The molecular weight excluding hydrogens is 90.1 g/mol. The highest BCUT2D eigenvalue weighted by molar-refractivity contribution is 6.36. The molecule has 1 N–H and O–H groups in total. The maximum Gasteiger partial charge on any atom is 0.150 e. The van der Waals surface area contributed by atoms with Gasteiger partial charge in [0.05, 0.1) is 6.21 Å². The molecule has 36 valence electrons. The van der Waals surface area contributed by atoms with E-state index in [1.54, 1.807) is 6.07 Å². The highest BCUT2D eigenvalue weighted by Gasteiger charge is 1.78. The van der Waals surface area contributed by atoms with Crippen molar-refractivity contribution in [3.63, 3.8) is 0 Å². The van der Waals surface area contributed by atoms with E-state index < -0.39 is 0 Å². The van der Waals surface area contributed by atoms with Crippen molar-refractivity contribution in [2.75, 3.05) is 7.05 Å². The van der Waals surface area contributed by atoms with Crippen molar-refractivity contribution in [3.05, 3.63) is 0 Å². The highest BCUT2D eigenvalue weighted by atomic mass is 14.6. The molecule has 0 aliphatic heterocycles. The van der Waals surface area contributed by atoms with Crippen LogP contribution >= 0.6 is 0 Å². The van der Waals surface area contributed by atoms with Crippen LogP contribution in [0.15, 0.2) is 4.99 Å². The minimum Gasteiger partial charge on any atom is -0.294 e. The number of aliphatic imine (C=N–C) groups is 1.